The Morgan fingerprint density at radius 2 is 2.00 bits per heavy atom. The second-order valence-electron chi connectivity index (χ2n) is 5.16. The lowest BCUT2D eigenvalue weighted by Crippen LogP contribution is -2.01. The molecule has 0 radical (unpaired) electrons. The summed E-state index contributed by atoms with van der Waals surface area (Å²) in [6, 6.07) is 12.1. The lowest BCUT2D eigenvalue weighted by Gasteiger charge is -2.07. The van der Waals surface area contributed by atoms with Crippen LogP contribution in [0.15, 0.2) is 48.2 Å². The van der Waals surface area contributed by atoms with Gasteiger partial charge in [-0.05, 0) is 31.2 Å². The van der Waals surface area contributed by atoms with E-state index in [4.69, 9.17) is 14.2 Å². The van der Waals surface area contributed by atoms with Crippen LogP contribution in [0.25, 0.3) is 6.08 Å². The number of hydrogen-bond donors (Lipinski definition) is 0. The monoisotopic (exact) mass is 324 g/mol. The number of rotatable bonds is 4. The Hall–Kier alpha value is -3.08. The number of para-hydroxylation sites is 1. The van der Waals surface area contributed by atoms with Gasteiger partial charge in [0.15, 0.2) is 5.76 Å². The van der Waals surface area contributed by atoms with E-state index in [1.165, 1.54) is 13.0 Å². The van der Waals surface area contributed by atoms with Crippen LogP contribution in [0.5, 0.6) is 17.2 Å². The fourth-order valence-corrected chi connectivity index (χ4v) is 2.42. The first kappa shape index (κ1) is 15.8. The third kappa shape index (κ3) is 3.15. The fraction of sp³-hybridized carbons (Fsp3) is 0.158. The Labute approximate surface area is 139 Å². The molecule has 0 unspecified atom stereocenters. The number of ether oxygens (including phenoxy) is 3. The third-order valence-electron chi connectivity index (χ3n) is 3.41. The molecular weight excluding hydrogens is 308 g/mol. The van der Waals surface area contributed by atoms with Gasteiger partial charge in [-0.1, -0.05) is 18.2 Å². The van der Waals surface area contributed by atoms with Gasteiger partial charge in [-0.3, -0.25) is 9.59 Å². The van der Waals surface area contributed by atoms with Crippen molar-refractivity contribution in [1.29, 1.82) is 0 Å². The molecule has 0 saturated heterocycles. The second-order valence-corrected chi connectivity index (χ2v) is 5.16. The van der Waals surface area contributed by atoms with Gasteiger partial charge in [0.2, 0.25) is 5.78 Å². The molecule has 1 aliphatic heterocycles. The predicted molar refractivity (Wildman–Crippen MR) is 88.3 cm³/mol. The largest absolute Gasteiger partial charge is 0.493 e. The van der Waals surface area contributed by atoms with E-state index in [0.29, 0.717) is 29.4 Å². The summed E-state index contributed by atoms with van der Waals surface area (Å²) in [5.74, 6) is 0.952. The van der Waals surface area contributed by atoms with E-state index in [2.05, 4.69) is 0 Å². The second kappa shape index (κ2) is 6.58. The van der Waals surface area contributed by atoms with Gasteiger partial charge < -0.3 is 14.2 Å². The number of esters is 1. The van der Waals surface area contributed by atoms with Crippen LogP contribution in [0.1, 0.15) is 29.8 Å². The highest BCUT2D eigenvalue weighted by Gasteiger charge is 2.28. The van der Waals surface area contributed by atoms with Gasteiger partial charge in [-0.2, -0.15) is 0 Å². The molecule has 1 aliphatic rings. The Morgan fingerprint density at radius 3 is 2.75 bits per heavy atom. The van der Waals surface area contributed by atoms with Crippen molar-refractivity contribution in [3.05, 3.63) is 59.4 Å². The molecule has 0 atom stereocenters. The van der Waals surface area contributed by atoms with E-state index in [-0.39, 0.29) is 11.5 Å². The Kier molecular flexibility index (Phi) is 4.33. The summed E-state index contributed by atoms with van der Waals surface area (Å²) in [5.41, 5.74) is 1.20. The van der Waals surface area contributed by atoms with Crippen molar-refractivity contribution < 1.29 is 23.8 Å². The average Bonchev–Trinajstić information content (AvgIpc) is 2.84. The maximum Gasteiger partial charge on any atom is 0.308 e. The highest BCUT2D eigenvalue weighted by molar-refractivity contribution is 6.14. The van der Waals surface area contributed by atoms with Gasteiger partial charge >= 0.3 is 5.97 Å². The molecule has 2 aromatic carbocycles. The molecule has 0 aliphatic carbocycles. The summed E-state index contributed by atoms with van der Waals surface area (Å²) >= 11 is 0. The van der Waals surface area contributed by atoms with E-state index in [1.807, 2.05) is 31.2 Å². The molecule has 0 fully saturated rings. The predicted octanol–water partition coefficient (Wildman–Crippen LogP) is 3.63. The number of ketones is 1. The summed E-state index contributed by atoms with van der Waals surface area (Å²) in [6.45, 7) is 3.74. The van der Waals surface area contributed by atoms with Crippen LogP contribution in [0.2, 0.25) is 0 Å². The van der Waals surface area contributed by atoms with Crippen LogP contribution in [0.3, 0.4) is 0 Å². The first-order valence-corrected chi connectivity index (χ1v) is 7.57. The number of Topliss-reactive ketones (excluding diaryl/α,β-unsaturated/α-hetero) is 1. The quantitative estimate of drug-likeness (QED) is 0.488. The maximum absolute atomic E-state index is 12.5. The summed E-state index contributed by atoms with van der Waals surface area (Å²) in [5, 5.41) is 0. The number of allylic oxidation sites excluding steroid dienone is 1. The van der Waals surface area contributed by atoms with Crippen molar-refractivity contribution in [1.82, 2.24) is 0 Å². The lowest BCUT2D eigenvalue weighted by molar-refractivity contribution is -0.131. The molecule has 0 spiro atoms. The standard InChI is InChI=1S/C19H16O5/c1-3-22-16-7-5-4-6-13(16)10-18-19(21)15-9-8-14(23-12(2)20)11-17(15)24-18/h4-11H,3H2,1-2H3. The topological polar surface area (TPSA) is 61.8 Å². The minimum Gasteiger partial charge on any atom is -0.493 e. The summed E-state index contributed by atoms with van der Waals surface area (Å²) in [6.07, 6.45) is 1.65. The SMILES string of the molecule is CCOc1ccccc1C=C1Oc2cc(OC(C)=O)ccc2C1=O. The minimum atomic E-state index is -0.430. The molecule has 5 nitrogen and oxygen atoms in total. The van der Waals surface area contributed by atoms with Gasteiger partial charge in [0.1, 0.15) is 17.2 Å². The summed E-state index contributed by atoms with van der Waals surface area (Å²) in [4.78, 5) is 23.5. The molecule has 0 N–H and O–H groups in total. The number of hydrogen-bond acceptors (Lipinski definition) is 5. The molecule has 0 amide bonds. The van der Waals surface area contributed by atoms with E-state index in [0.717, 1.165) is 5.56 Å². The number of carbonyl (C=O) groups is 2. The van der Waals surface area contributed by atoms with E-state index in [1.54, 1.807) is 18.2 Å². The van der Waals surface area contributed by atoms with Crippen LogP contribution >= 0.6 is 0 Å². The molecule has 24 heavy (non-hydrogen) atoms. The maximum atomic E-state index is 12.5. The molecule has 3 rings (SSSR count). The molecule has 0 aromatic heterocycles. The van der Waals surface area contributed by atoms with Gasteiger partial charge in [0, 0.05) is 18.6 Å². The number of fused-ring (bicyclic) bond motifs is 1. The first-order chi connectivity index (χ1) is 11.6. The normalized spacial score (nSPS) is 14.2. The van der Waals surface area contributed by atoms with Crippen molar-refractivity contribution in [3.8, 4) is 17.2 Å². The highest BCUT2D eigenvalue weighted by atomic mass is 16.5. The zero-order valence-corrected chi connectivity index (χ0v) is 13.4. The molecule has 122 valence electrons. The molecule has 0 bridgehead atoms. The zero-order valence-electron chi connectivity index (χ0n) is 13.4. The average molecular weight is 324 g/mol. The molecule has 2 aromatic rings. The first-order valence-electron chi connectivity index (χ1n) is 7.57. The van der Waals surface area contributed by atoms with Crippen molar-refractivity contribution in [2.24, 2.45) is 0 Å². The lowest BCUT2D eigenvalue weighted by atomic mass is 10.1. The Morgan fingerprint density at radius 1 is 1.21 bits per heavy atom. The molecular formula is C19H16O5. The van der Waals surface area contributed by atoms with E-state index < -0.39 is 5.97 Å². The number of carbonyl (C=O) groups excluding carboxylic acids is 2. The van der Waals surface area contributed by atoms with Crippen LogP contribution in [0.4, 0.5) is 0 Å². The van der Waals surface area contributed by atoms with Crippen LogP contribution in [0, 0.1) is 0 Å². The molecule has 5 heteroatoms. The summed E-state index contributed by atoms with van der Waals surface area (Å²) in [7, 11) is 0. The zero-order chi connectivity index (χ0) is 17.1. The van der Waals surface area contributed by atoms with E-state index in [9.17, 15) is 9.59 Å². The Bertz CT molecular complexity index is 835. The van der Waals surface area contributed by atoms with Crippen molar-refractivity contribution in [2.45, 2.75) is 13.8 Å². The van der Waals surface area contributed by atoms with Gasteiger partial charge in [0.25, 0.3) is 0 Å². The van der Waals surface area contributed by atoms with Gasteiger partial charge in [0.05, 0.1) is 12.2 Å². The van der Waals surface area contributed by atoms with Gasteiger partial charge in [-0.15, -0.1) is 0 Å². The fourth-order valence-electron chi connectivity index (χ4n) is 2.42. The van der Waals surface area contributed by atoms with Gasteiger partial charge in [-0.25, -0.2) is 0 Å². The van der Waals surface area contributed by atoms with Crippen LogP contribution in [-0.4, -0.2) is 18.4 Å². The number of benzene rings is 2. The molecule has 1 heterocycles. The molecule has 0 saturated carbocycles. The van der Waals surface area contributed by atoms with Crippen molar-refractivity contribution in [2.75, 3.05) is 6.61 Å². The Balaban J connectivity index is 1.92. The minimum absolute atomic E-state index is 0.206. The summed E-state index contributed by atoms with van der Waals surface area (Å²) < 4.78 is 16.2. The highest BCUT2D eigenvalue weighted by Crippen LogP contribution is 2.35. The van der Waals surface area contributed by atoms with Crippen LogP contribution in [-0.2, 0) is 4.79 Å². The van der Waals surface area contributed by atoms with E-state index >= 15 is 0 Å². The van der Waals surface area contributed by atoms with Crippen LogP contribution < -0.4 is 14.2 Å². The van der Waals surface area contributed by atoms with Crippen molar-refractivity contribution >= 4 is 17.8 Å². The van der Waals surface area contributed by atoms with Crippen molar-refractivity contribution in [3.63, 3.8) is 0 Å². The smallest absolute Gasteiger partial charge is 0.308 e. The third-order valence-corrected chi connectivity index (χ3v) is 3.41.